The average Bonchev–Trinajstić information content (AvgIpc) is 2.50. The number of halogens is 1. The van der Waals surface area contributed by atoms with Gasteiger partial charge in [0, 0.05) is 24.6 Å². The number of carbonyl (C=O) groups excluding carboxylic acids is 1. The number of nitrogens with zero attached hydrogens (tertiary/aromatic N) is 4. The lowest BCUT2D eigenvalue weighted by Crippen LogP contribution is -2.32. The van der Waals surface area contributed by atoms with Crippen molar-refractivity contribution >= 4 is 11.6 Å². The summed E-state index contributed by atoms with van der Waals surface area (Å²) >= 11 is 0. The molecule has 0 bridgehead atoms. The first kappa shape index (κ1) is 13.6. The SMILES string of the molecule is N#CCCN(C(=O)c1cncnc1)c1ccc(F)cc1. The molecule has 0 saturated carbocycles. The molecule has 5 nitrogen and oxygen atoms in total. The van der Waals surface area contributed by atoms with Crippen LogP contribution in [0, 0.1) is 17.1 Å². The van der Waals surface area contributed by atoms with Gasteiger partial charge in [0.15, 0.2) is 0 Å². The Morgan fingerprint density at radius 3 is 2.50 bits per heavy atom. The van der Waals surface area contributed by atoms with Crippen molar-refractivity contribution in [2.24, 2.45) is 0 Å². The fourth-order valence-electron chi connectivity index (χ4n) is 1.70. The van der Waals surface area contributed by atoms with E-state index in [4.69, 9.17) is 5.26 Å². The summed E-state index contributed by atoms with van der Waals surface area (Å²) in [5.41, 5.74) is 0.838. The van der Waals surface area contributed by atoms with E-state index in [0.717, 1.165) is 0 Å². The van der Waals surface area contributed by atoms with Gasteiger partial charge in [0.05, 0.1) is 18.1 Å². The van der Waals surface area contributed by atoms with E-state index in [0.29, 0.717) is 11.3 Å². The van der Waals surface area contributed by atoms with Crippen LogP contribution >= 0.6 is 0 Å². The number of rotatable bonds is 4. The molecule has 1 heterocycles. The van der Waals surface area contributed by atoms with Crippen molar-refractivity contribution in [3.05, 3.63) is 54.4 Å². The molecule has 20 heavy (non-hydrogen) atoms. The first-order valence-electron chi connectivity index (χ1n) is 5.92. The molecule has 0 unspecified atom stereocenters. The van der Waals surface area contributed by atoms with Crippen molar-refractivity contribution < 1.29 is 9.18 Å². The number of hydrogen-bond donors (Lipinski definition) is 0. The molecule has 0 atom stereocenters. The molecule has 6 heteroatoms. The Labute approximate surface area is 115 Å². The van der Waals surface area contributed by atoms with Crippen molar-refractivity contribution in [2.45, 2.75) is 6.42 Å². The minimum absolute atomic E-state index is 0.177. The normalized spacial score (nSPS) is 9.80. The van der Waals surface area contributed by atoms with Gasteiger partial charge in [-0.25, -0.2) is 14.4 Å². The molecule has 0 aliphatic carbocycles. The molecule has 0 aliphatic heterocycles. The van der Waals surface area contributed by atoms with Crippen molar-refractivity contribution in [1.82, 2.24) is 9.97 Å². The Morgan fingerprint density at radius 2 is 1.90 bits per heavy atom. The van der Waals surface area contributed by atoms with Crippen molar-refractivity contribution in [2.75, 3.05) is 11.4 Å². The summed E-state index contributed by atoms with van der Waals surface area (Å²) < 4.78 is 13.0. The zero-order valence-corrected chi connectivity index (χ0v) is 10.5. The lowest BCUT2D eigenvalue weighted by atomic mass is 10.2. The highest BCUT2D eigenvalue weighted by molar-refractivity contribution is 6.05. The van der Waals surface area contributed by atoms with Crippen LogP contribution in [0.3, 0.4) is 0 Å². The maximum Gasteiger partial charge on any atom is 0.261 e. The van der Waals surface area contributed by atoms with E-state index in [1.54, 1.807) is 0 Å². The molecule has 0 radical (unpaired) electrons. The molecule has 1 aromatic carbocycles. The molecule has 0 spiro atoms. The summed E-state index contributed by atoms with van der Waals surface area (Å²) in [6.07, 6.45) is 4.31. The first-order chi connectivity index (χ1) is 9.72. The molecule has 100 valence electrons. The third-order valence-corrected chi connectivity index (χ3v) is 2.64. The second-order valence-corrected chi connectivity index (χ2v) is 3.97. The highest BCUT2D eigenvalue weighted by atomic mass is 19.1. The number of carbonyl (C=O) groups is 1. The molecule has 0 N–H and O–H groups in total. The lowest BCUT2D eigenvalue weighted by molar-refractivity contribution is 0.0986. The Balaban J connectivity index is 2.30. The maximum atomic E-state index is 13.0. The van der Waals surface area contributed by atoms with Gasteiger partial charge in [-0.05, 0) is 24.3 Å². The number of benzene rings is 1. The summed E-state index contributed by atoms with van der Waals surface area (Å²) in [5, 5.41) is 8.69. The molecular formula is C14H11FN4O. The van der Waals surface area contributed by atoms with Crippen molar-refractivity contribution in [1.29, 1.82) is 5.26 Å². The first-order valence-corrected chi connectivity index (χ1v) is 5.92. The highest BCUT2D eigenvalue weighted by Gasteiger charge is 2.17. The highest BCUT2D eigenvalue weighted by Crippen LogP contribution is 2.17. The predicted octanol–water partition coefficient (Wildman–Crippen LogP) is 2.18. The van der Waals surface area contributed by atoms with Gasteiger partial charge in [-0.3, -0.25) is 4.79 Å². The number of aromatic nitrogens is 2. The summed E-state index contributed by atoms with van der Waals surface area (Å²) in [6.45, 7) is 0.218. The van der Waals surface area contributed by atoms with E-state index >= 15 is 0 Å². The van der Waals surface area contributed by atoms with Gasteiger partial charge in [0.2, 0.25) is 0 Å². The summed E-state index contributed by atoms with van der Waals surface area (Å²) in [4.78, 5) is 21.4. The summed E-state index contributed by atoms with van der Waals surface area (Å²) in [5.74, 6) is -0.711. The smallest absolute Gasteiger partial charge is 0.261 e. The van der Waals surface area contributed by atoms with Crippen molar-refractivity contribution in [3.8, 4) is 6.07 Å². The number of amides is 1. The largest absolute Gasteiger partial charge is 0.307 e. The summed E-state index contributed by atoms with van der Waals surface area (Å²) in [7, 11) is 0. The van der Waals surface area contributed by atoms with E-state index in [1.165, 1.54) is 47.9 Å². The van der Waals surface area contributed by atoms with E-state index in [2.05, 4.69) is 9.97 Å². The van der Waals surface area contributed by atoms with Crippen LogP contribution in [-0.2, 0) is 0 Å². The van der Waals surface area contributed by atoms with E-state index < -0.39 is 0 Å². The van der Waals surface area contributed by atoms with Gasteiger partial charge >= 0.3 is 0 Å². The minimum atomic E-state index is -0.385. The van der Waals surface area contributed by atoms with Crippen LogP contribution in [0.25, 0.3) is 0 Å². The van der Waals surface area contributed by atoms with Crippen LogP contribution in [0.15, 0.2) is 43.0 Å². The second-order valence-electron chi connectivity index (χ2n) is 3.97. The van der Waals surface area contributed by atoms with Gasteiger partial charge in [0.1, 0.15) is 12.1 Å². The third kappa shape index (κ3) is 3.14. The third-order valence-electron chi connectivity index (χ3n) is 2.64. The van der Waals surface area contributed by atoms with Gasteiger partial charge in [0.25, 0.3) is 5.91 Å². The number of nitriles is 1. The molecule has 1 amide bonds. The number of anilines is 1. The fourth-order valence-corrected chi connectivity index (χ4v) is 1.70. The lowest BCUT2D eigenvalue weighted by Gasteiger charge is -2.21. The molecule has 2 aromatic rings. The Kier molecular flexibility index (Phi) is 4.35. The van der Waals surface area contributed by atoms with Crippen LogP contribution in [-0.4, -0.2) is 22.4 Å². The van der Waals surface area contributed by atoms with Gasteiger partial charge in [-0.15, -0.1) is 0 Å². The van der Waals surface area contributed by atoms with Crippen LogP contribution in [0.4, 0.5) is 10.1 Å². The molecule has 0 saturated heterocycles. The average molecular weight is 270 g/mol. The number of hydrogen-bond acceptors (Lipinski definition) is 4. The van der Waals surface area contributed by atoms with Gasteiger partial charge in [-0.2, -0.15) is 5.26 Å². The topological polar surface area (TPSA) is 69.9 Å². The monoisotopic (exact) mass is 270 g/mol. The fraction of sp³-hybridized carbons (Fsp3) is 0.143. The van der Waals surface area contributed by atoms with Gasteiger partial charge in [-0.1, -0.05) is 0 Å². The zero-order valence-electron chi connectivity index (χ0n) is 10.5. The summed E-state index contributed by atoms with van der Waals surface area (Å²) in [6, 6.07) is 7.51. The molecule has 1 aromatic heterocycles. The zero-order chi connectivity index (χ0) is 14.4. The molecule has 2 rings (SSSR count). The Hall–Kier alpha value is -2.81. The second kappa shape index (κ2) is 6.38. The van der Waals surface area contributed by atoms with Crippen LogP contribution in [0.5, 0.6) is 0 Å². The van der Waals surface area contributed by atoms with Gasteiger partial charge < -0.3 is 4.90 Å². The van der Waals surface area contributed by atoms with Crippen LogP contribution < -0.4 is 4.90 Å². The standard InChI is InChI=1S/C14H11FN4O/c15-12-2-4-13(5-3-12)19(7-1-6-16)14(20)11-8-17-10-18-9-11/h2-5,8-10H,1,7H2. The molecule has 0 aliphatic rings. The molecular weight excluding hydrogens is 259 g/mol. The van der Waals surface area contributed by atoms with E-state index in [1.807, 2.05) is 6.07 Å². The van der Waals surface area contributed by atoms with E-state index in [-0.39, 0.29) is 24.7 Å². The quantitative estimate of drug-likeness (QED) is 0.853. The Bertz CT molecular complexity index is 622. The van der Waals surface area contributed by atoms with Crippen molar-refractivity contribution in [3.63, 3.8) is 0 Å². The van der Waals surface area contributed by atoms with Crippen LogP contribution in [0.2, 0.25) is 0 Å². The Morgan fingerprint density at radius 1 is 1.25 bits per heavy atom. The van der Waals surface area contributed by atoms with Crippen LogP contribution in [0.1, 0.15) is 16.8 Å². The minimum Gasteiger partial charge on any atom is -0.307 e. The maximum absolute atomic E-state index is 13.0. The van der Waals surface area contributed by atoms with E-state index in [9.17, 15) is 9.18 Å². The predicted molar refractivity (Wildman–Crippen MR) is 70.3 cm³/mol. The molecule has 0 fully saturated rings.